The number of ether oxygens (including phenoxy) is 1. The highest BCUT2D eigenvalue weighted by molar-refractivity contribution is 5.79. The number of nitrogens with zero attached hydrogens (tertiary/aromatic N) is 2. The maximum Gasteiger partial charge on any atom is 0.191 e. The lowest BCUT2D eigenvalue weighted by Crippen LogP contribution is -2.39. The monoisotopic (exact) mass is 344 g/mol. The van der Waals surface area contributed by atoms with Crippen LogP contribution in [0.25, 0.3) is 0 Å². The van der Waals surface area contributed by atoms with Crippen molar-refractivity contribution in [3.8, 4) is 5.75 Å². The van der Waals surface area contributed by atoms with Crippen molar-refractivity contribution in [2.24, 2.45) is 16.8 Å². The molecule has 1 atom stereocenters. The van der Waals surface area contributed by atoms with Crippen LogP contribution in [0.1, 0.15) is 30.4 Å². The van der Waals surface area contributed by atoms with Crippen LogP contribution in [0.2, 0.25) is 0 Å². The van der Waals surface area contributed by atoms with E-state index in [1.54, 1.807) is 0 Å². The van der Waals surface area contributed by atoms with Crippen molar-refractivity contribution in [3.05, 3.63) is 29.3 Å². The fourth-order valence-electron chi connectivity index (χ4n) is 3.27. The molecule has 0 radical (unpaired) electrons. The third-order valence-electron chi connectivity index (χ3n) is 5.11. The van der Waals surface area contributed by atoms with E-state index in [0.717, 1.165) is 37.3 Å². The molecule has 5 nitrogen and oxygen atoms in total. The van der Waals surface area contributed by atoms with Crippen molar-refractivity contribution >= 4 is 5.96 Å². The highest BCUT2D eigenvalue weighted by Crippen LogP contribution is 2.30. The van der Waals surface area contributed by atoms with E-state index >= 15 is 0 Å². The topological polar surface area (TPSA) is 48.9 Å². The Labute approximate surface area is 151 Å². The Kier molecular flexibility index (Phi) is 6.19. The first-order valence-electron chi connectivity index (χ1n) is 9.49. The van der Waals surface area contributed by atoms with Gasteiger partial charge < -0.3 is 20.3 Å². The van der Waals surface area contributed by atoms with Crippen LogP contribution in [0.5, 0.6) is 5.75 Å². The molecular formula is C20H32N4O. The van der Waals surface area contributed by atoms with Gasteiger partial charge in [0.05, 0.1) is 6.61 Å². The lowest BCUT2D eigenvalue weighted by atomic mass is 10.1. The van der Waals surface area contributed by atoms with E-state index in [0.29, 0.717) is 5.92 Å². The molecule has 138 valence electrons. The standard InChI is InChI=1S/C20H32N4O/c1-15-4-7-18(19(10-15)25-14-16-5-6-16)12-23-20(21-2)22-11-17-8-9-24(3)13-17/h4,7,10,16-17H,5-6,8-9,11-14H2,1-3H3,(H2,21,22,23). The molecule has 1 aliphatic heterocycles. The van der Waals surface area contributed by atoms with Gasteiger partial charge in [0.1, 0.15) is 5.75 Å². The number of hydrogen-bond donors (Lipinski definition) is 2. The molecule has 2 N–H and O–H groups in total. The Bertz CT molecular complexity index is 597. The minimum atomic E-state index is 0.709. The van der Waals surface area contributed by atoms with Crippen LogP contribution in [0.4, 0.5) is 0 Å². The van der Waals surface area contributed by atoms with Crippen LogP contribution >= 0.6 is 0 Å². The second kappa shape index (κ2) is 8.56. The summed E-state index contributed by atoms with van der Waals surface area (Å²) in [6.07, 6.45) is 3.89. The van der Waals surface area contributed by atoms with Crippen LogP contribution in [-0.4, -0.2) is 51.2 Å². The lowest BCUT2D eigenvalue weighted by molar-refractivity contribution is 0.296. The fourth-order valence-corrected chi connectivity index (χ4v) is 3.27. The van der Waals surface area contributed by atoms with Gasteiger partial charge in [0.15, 0.2) is 5.96 Å². The smallest absolute Gasteiger partial charge is 0.191 e. The van der Waals surface area contributed by atoms with Crippen molar-refractivity contribution in [2.75, 3.05) is 40.3 Å². The molecule has 1 aliphatic carbocycles. The third-order valence-corrected chi connectivity index (χ3v) is 5.11. The molecule has 1 unspecified atom stereocenters. The zero-order valence-electron chi connectivity index (χ0n) is 15.8. The molecule has 1 aromatic carbocycles. The van der Waals surface area contributed by atoms with Gasteiger partial charge >= 0.3 is 0 Å². The van der Waals surface area contributed by atoms with Crippen LogP contribution in [-0.2, 0) is 6.54 Å². The van der Waals surface area contributed by atoms with E-state index in [9.17, 15) is 0 Å². The van der Waals surface area contributed by atoms with E-state index in [1.165, 1.54) is 43.5 Å². The van der Waals surface area contributed by atoms with Gasteiger partial charge in [-0.1, -0.05) is 12.1 Å². The summed E-state index contributed by atoms with van der Waals surface area (Å²) in [5.41, 5.74) is 2.43. The SMILES string of the molecule is CN=C(NCc1ccc(C)cc1OCC1CC1)NCC1CCN(C)C1. The fraction of sp³-hybridized carbons (Fsp3) is 0.650. The first kappa shape index (κ1) is 18.1. The lowest BCUT2D eigenvalue weighted by Gasteiger charge is -2.17. The molecule has 0 amide bonds. The molecule has 3 rings (SSSR count). The molecule has 1 aromatic rings. The minimum Gasteiger partial charge on any atom is -0.493 e. The zero-order valence-corrected chi connectivity index (χ0v) is 15.8. The molecule has 0 aromatic heterocycles. The van der Waals surface area contributed by atoms with Gasteiger partial charge in [-0.2, -0.15) is 0 Å². The highest BCUT2D eigenvalue weighted by atomic mass is 16.5. The predicted octanol–water partition coefficient (Wildman–Crippen LogP) is 2.40. The first-order valence-corrected chi connectivity index (χ1v) is 9.49. The molecule has 2 aliphatic rings. The largest absolute Gasteiger partial charge is 0.493 e. The molecular weight excluding hydrogens is 312 g/mol. The number of rotatable bonds is 7. The summed E-state index contributed by atoms with van der Waals surface area (Å²) < 4.78 is 6.06. The summed E-state index contributed by atoms with van der Waals surface area (Å²) in [6.45, 7) is 7.02. The van der Waals surface area contributed by atoms with E-state index in [-0.39, 0.29) is 0 Å². The maximum atomic E-state index is 6.06. The highest BCUT2D eigenvalue weighted by Gasteiger charge is 2.22. The van der Waals surface area contributed by atoms with Gasteiger partial charge in [0, 0.05) is 32.2 Å². The number of benzene rings is 1. The molecule has 0 spiro atoms. The van der Waals surface area contributed by atoms with Crippen molar-refractivity contribution in [1.29, 1.82) is 0 Å². The molecule has 1 heterocycles. The van der Waals surface area contributed by atoms with Crippen molar-refractivity contribution in [1.82, 2.24) is 15.5 Å². The van der Waals surface area contributed by atoms with Crippen molar-refractivity contribution in [3.63, 3.8) is 0 Å². The Morgan fingerprint density at radius 3 is 2.76 bits per heavy atom. The zero-order chi connectivity index (χ0) is 17.6. The minimum absolute atomic E-state index is 0.709. The Hall–Kier alpha value is -1.75. The van der Waals surface area contributed by atoms with Crippen molar-refractivity contribution < 1.29 is 4.74 Å². The van der Waals surface area contributed by atoms with E-state index in [4.69, 9.17) is 4.74 Å². The van der Waals surface area contributed by atoms with E-state index in [1.807, 2.05) is 7.05 Å². The maximum absolute atomic E-state index is 6.06. The number of guanidine groups is 1. The second-order valence-corrected chi connectivity index (χ2v) is 7.59. The average Bonchev–Trinajstić information content (AvgIpc) is 3.35. The average molecular weight is 345 g/mol. The predicted molar refractivity (Wildman–Crippen MR) is 103 cm³/mol. The summed E-state index contributed by atoms with van der Waals surface area (Å²) >= 11 is 0. The Balaban J connectivity index is 1.50. The van der Waals surface area contributed by atoms with E-state index < -0.39 is 0 Å². The number of hydrogen-bond acceptors (Lipinski definition) is 3. The van der Waals surface area contributed by atoms with Gasteiger partial charge in [-0.3, -0.25) is 4.99 Å². The first-order chi connectivity index (χ1) is 12.1. The number of aliphatic imine (C=N–C) groups is 1. The quantitative estimate of drug-likeness (QED) is 0.589. The van der Waals surface area contributed by atoms with Crippen LogP contribution in [0.3, 0.4) is 0 Å². The van der Waals surface area contributed by atoms with Gasteiger partial charge in [-0.15, -0.1) is 0 Å². The molecule has 0 bridgehead atoms. The summed E-state index contributed by atoms with van der Waals surface area (Å²) in [6, 6.07) is 6.44. The molecule has 25 heavy (non-hydrogen) atoms. The van der Waals surface area contributed by atoms with Crippen LogP contribution in [0.15, 0.2) is 23.2 Å². The Morgan fingerprint density at radius 2 is 2.08 bits per heavy atom. The summed E-state index contributed by atoms with van der Waals surface area (Å²) in [5.74, 6) is 3.34. The second-order valence-electron chi connectivity index (χ2n) is 7.59. The molecule has 5 heteroatoms. The van der Waals surface area contributed by atoms with Crippen LogP contribution in [0, 0.1) is 18.8 Å². The summed E-state index contributed by atoms with van der Waals surface area (Å²) in [5, 5.41) is 6.89. The molecule has 1 saturated heterocycles. The van der Waals surface area contributed by atoms with E-state index in [2.05, 4.69) is 52.7 Å². The Morgan fingerprint density at radius 1 is 1.24 bits per heavy atom. The summed E-state index contributed by atoms with van der Waals surface area (Å²) in [7, 11) is 4.02. The van der Waals surface area contributed by atoms with Gasteiger partial charge in [0.2, 0.25) is 0 Å². The van der Waals surface area contributed by atoms with Gasteiger partial charge in [-0.25, -0.2) is 0 Å². The van der Waals surface area contributed by atoms with Crippen molar-refractivity contribution in [2.45, 2.75) is 32.7 Å². The number of aryl methyl sites for hydroxylation is 1. The normalized spacial score (nSPS) is 21.4. The third kappa shape index (κ3) is 5.63. The van der Waals surface area contributed by atoms with Gasteiger partial charge in [0.25, 0.3) is 0 Å². The summed E-state index contributed by atoms with van der Waals surface area (Å²) in [4.78, 5) is 6.74. The van der Waals surface area contributed by atoms with Crippen LogP contribution < -0.4 is 15.4 Å². The molecule has 2 fully saturated rings. The number of likely N-dealkylation sites (tertiary alicyclic amines) is 1. The van der Waals surface area contributed by atoms with Gasteiger partial charge in [-0.05, 0) is 63.2 Å². The number of nitrogens with one attached hydrogen (secondary N) is 2. The molecule has 1 saturated carbocycles.